The number of rotatable bonds is 5. The lowest BCUT2D eigenvalue weighted by molar-refractivity contribution is 0.570. The Balaban J connectivity index is 2.02. The molecule has 0 amide bonds. The number of nitrogens with zero attached hydrogens (tertiary/aromatic N) is 2. The van der Waals surface area contributed by atoms with E-state index >= 15 is 0 Å². The third kappa shape index (κ3) is 2.97. The zero-order valence-electron chi connectivity index (χ0n) is 10.9. The molecular weight excluding hydrogens is 210 g/mol. The van der Waals surface area contributed by atoms with E-state index in [0.29, 0.717) is 6.04 Å². The molecule has 1 N–H and O–H groups in total. The summed E-state index contributed by atoms with van der Waals surface area (Å²) in [6, 6.07) is 2.80. The van der Waals surface area contributed by atoms with Gasteiger partial charge in [-0.1, -0.05) is 6.92 Å². The van der Waals surface area contributed by atoms with Crippen LogP contribution in [0.3, 0.4) is 0 Å². The molecular formula is C14H23N3. The molecule has 17 heavy (non-hydrogen) atoms. The van der Waals surface area contributed by atoms with Crippen LogP contribution in [-0.4, -0.2) is 30.7 Å². The summed E-state index contributed by atoms with van der Waals surface area (Å²) in [5, 5.41) is 3.54. The number of hydrogen-bond donors (Lipinski definition) is 1. The number of aryl methyl sites for hydroxylation is 1. The summed E-state index contributed by atoms with van der Waals surface area (Å²) < 4.78 is 0. The number of anilines is 1. The molecule has 3 heteroatoms. The molecule has 1 aliphatic heterocycles. The second kappa shape index (κ2) is 6.01. The second-order valence-corrected chi connectivity index (χ2v) is 4.86. The van der Waals surface area contributed by atoms with E-state index in [1.54, 1.807) is 0 Å². The number of nitrogens with one attached hydrogen (secondary N) is 1. The molecule has 1 fully saturated rings. The molecule has 0 aliphatic carbocycles. The van der Waals surface area contributed by atoms with Crippen molar-refractivity contribution in [2.24, 2.45) is 0 Å². The van der Waals surface area contributed by atoms with Crippen molar-refractivity contribution in [1.29, 1.82) is 0 Å². The molecule has 0 aromatic carbocycles. The van der Waals surface area contributed by atoms with Crippen molar-refractivity contribution in [1.82, 2.24) is 10.3 Å². The van der Waals surface area contributed by atoms with Crippen LogP contribution in [0.25, 0.3) is 0 Å². The van der Waals surface area contributed by atoms with Gasteiger partial charge in [0.2, 0.25) is 0 Å². The van der Waals surface area contributed by atoms with Gasteiger partial charge in [0.25, 0.3) is 0 Å². The molecule has 2 heterocycles. The monoisotopic (exact) mass is 233 g/mol. The van der Waals surface area contributed by atoms with Gasteiger partial charge in [0.05, 0.1) is 0 Å². The van der Waals surface area contributed by atoms with Crippen LogP contribution >= 0.6 is 0 Å². The second-order valence-electron chi connectivity index (χ2n) is 4.86. The maximum absolute atomic E-state index is 4.17. The number of aromatic nitrogens is 1. The highest BCUT2D eigenvalue weighted by Crippen LogP contribution is 2.27. The first-order chi connectivity index (χ1) is 8.33. The lowest BCUT2D eigenvalue weighted by Gasteiger charge is -2.28. The van der Waals surface area contributed by atoms with Gasteiger partial charge in [-0.25, -0.2) is 0 Å². The minimum atomic E-state index is 0.655. The molecule has 0 saturated carbocycles. The highest BCUT2D eigenvalue weighted by molar-refractivity contribution is 5.53. The summed E-state index contributed by atoms with van der Waals surface area (Å²) in [5.74, 6) is 0. The van der Waals surface area contributed by atoms with Crippen LogP contribution < -0.4 is 10.2 Å². The van der Waals surface area contributed by atoms with E-state index in [4.69, 9.17) is 0 Å². The topological polar surface area (TPSA) is 28.2 Å². The SMILES string of the molecule is CCCNCC1CCCN1c1ccncc1C. The first kappa shape index (κ1) is 12.4. The summed E-state index contributed by atoms with van der Waals surface area (Å²) in [5.41, 5.74) is 2.65. The van der Waals surface area contributed by atoms with Crippen LogP contribution in [0.1, 0.15) is 31.7 Å². The smallest absolute Gasteiger partial charge is 0.0429 e. The van der Waals surface area contributed by atoms with Gasteiger partial charge in [0.1, 0.15) is 0 Å². The minimum absolute atomic E-state index is 0.655. The standard InChI is InChI=1S/C14H23N3/c1-3-7-15-11-13-5-4-9-17(13)14-6-8-16-10-12(14)2/h6,8,10,13,15H,3-5,7,9,11H2,1-2H3. The number of hydrogen-bond acceptors (Lipinski definition) is 3. The van der Waals surface area contributed by atoms with Crippen molar-refractivity contribution < 1.29 is 0 Å². The van der Waals surface area contributed by atoms with Crippen LogP contribution in [-0.2, 0) is 0 Å². The quantitative estimate of drug-likeness (QED) is 0.791. The van der Waals surface area contributed by atoms with Gasteiger partial charge in [-0.2, -0.15) is 0 Å². The predicted molar refractivity (Wildman–Crippen MR) is 72.5 cm³/mol. The van der Waals surface area contributed by atoms with E-state index in [0.717, 1.165) is 13.1 Å². The van der Waals surface area contributed by atoms with E-state index in [2.05, 4.69) is 35.1 Å². The third-order valence-electron chi connectivity index (χ3n) is 3.48. The van der Waals surface area contributed by atoms with Crippen molar-refractivity contribution in [3.8, 4) is 0 Å². The zero-order chi connectivity index (χ0) is 12.1. The van der Waals surface area contributed by atoms with Gasteiger partial charge in [-0.3, -0.25) is 4.98 Å². The molecule has 1 saturated heterocycles. The Morgan fingerprint density at radius 1 is 1.53 bits per heavy atom. The zero-order valence-corrected chi connectivity index (χ0v) is 10.9. The Labute approximate surface area is 104 Å². The van der Waals surface area contributed by atoms with E-state index in [-0.39, 0.29) is 0 Å². The van der Waals surface area contributed by atoms with Gasteiger partial charge >= 0.3 is 0 Å². The van der Waals surface area contributed by atoms with Crippen molar-refractivity contribution in [3.63, 3.8) is 0 Å². The Morgan fingerprint density at radius 3 is 3.18 bits per heavy atom. The maximum atomic E-state index is 4.17. The Bertz CT molecular complexity index is 351. The minimum Gasteiger partial charge on any atom is -0.367 e. The van der Waals surface area contributed by atoms with Gasteiger partial charge < -0.3 is 10.2 Å². The third-order valence-corrected chi connectivity index (χ3v) is 3.48. The first-order valence-electron chi connectivity index (χ1n) is 6.71. The van der Waals surface area contributed by atoms with Crippen LogP contribution in [0.15, 0.2) is 18.5 Å². The molecule has 1 aliphatic rings. The lowest BCUT2D eigenvalue weighted by Crippen LogP contribution is -2.38. The van der Waals surface area contributed by atoms with E-state index in [1.807, 2.05) is 12.4 Å². The average molecular weight is 233 g/mol. The molecule has 1 aromatic heterocycles. The molecule has 1 atom stereocenters. The average Bonchev–Trinajstić information content (AvgIpc) is 2.78. The highest BCUT2D eigenvalue weighted by atomic mass is 15.2. The molecule has 3 nitrogen and oxygen atoms in total. The van der Waals surface area contributed by atoms with E-state index < -0.39 is 0 Å². The van der Waals surface area contributed by atoms with Crippen molar-refractivity contribution in [2.45, 2.75) is 39.2 Å². The largest absolute Gasteiger partial charge is 0.367 e. The molecule has 2 rings (SSSR count). The van der Waals surface area contributed by atoms with Gasteiger partial charge in [-0.05, 0) is 44.4 Å². The fourth-order valence-electron chi connectivity index (χ4n) is 2.60. The predicted octanol–water partition coefficient (Wildman–Crippen LogP) is 2.36. The summed E-state index contributed by atoms with van der Waals surface area (Å²) in [4.78, 5) is 6.72. The summed E-state index contributed by atoms with van der Waals surface area (Å²) in [6.07, 6.45) is 7.68. The molecule has 1 unspecified atom stereocenters. The summed E-state index contributed by atoms with van der Waals surface area (Å²) in [7, 11) is 0. The molecule has 0 spiro atoms. The van der Waals surface area contributed by atoms with Crippen LogP contribution in [0.5, 0.6) is 0 Å². The lowest BCUT2D eigenvalue weighted by atomic mass is 10.2. The Kier molecular flexibility index (Phi) is 4.37. The summed E-state index contributed by atoms with van der Waals surface area (Å²) >= 11 is 0. The van der Waals surface area contributed by atoms with E-state index in [1.165, 1.54) is 37.1 Å². The van der Waals surface area contributed by atoms with Crippen LogP contribution in [0, 0.1) is 6.92 Å². The normalized spacial score (nSPS) is 19.9. The molecule has 0 radical (unpaired) electrons. The number of pyridine rings is 1. The van der Waals surface area contributed by atoms with Crippen LogP contribution in [0.4, 0.5) is 5.69 Å². The highest BCUT2D eigenvalue weighted by Gasteiger charge is 2.25. The van der Waals surface area contributed by atoms with E-state index in [9.17, 15) is 0 Å². The first-order valence-corrected chi connectivity index (χ1v) is 6.71. The van der Waals surface area contributed by atoms with Gasteiger partial charge in [0.15, 0.2) is 0 Å². The van der Waals surface area contributed by atoms with Gasteiger partial charge in [-0.15, -0.1) is 0 Å². The molecule has 1 aromatic rings. The van der Waals surface area contributed by atoms with Crippen molar-refractivity contribution >= 4 is 5.69 Å². The van der Waals surface area contributed by atoms with Crippen LogP contribution in [0.2, 0.25) is 0 Å². The summed E-state index contributed by atoms with van der Waals surface area (Å²) in [6.45, 7) is 7.78. The van der Waals surface area contributed by atoms with Crippen molar-refractivity contribution in [2.75, 3.05) is 24.5 Å². The Hall–Kier alpha value is -1.09. The van der Waals surface area contributed by atoms with Gasteiger partial charge in [0, 0.05) is 37.2 Å². The maximum Gasteiger partial charge on any atom is 0.0429 e. The van der Waals surface area contributed by atoms with Crippen molar-refractivity contribution in [3.05, 3.63) is 24.0 Å². The molecule has 0 bridgehead atoms. The molecule has 94 valence electrons. The fourth-order valence-corrected chi connectivity index (χ4v) is 2.60. The Morgan fingerprint density at radius 2 is 2.41 bits per heavy atom. The fraction of sp³-hybridized carbons (Fsp3) is 0.643.